The van der Waals surface area contributed by atoms with Crippen molar-refractivity contribution in [2.24, 2.45) is 11.8 Å². The fraction of sp³-hybridized carbons (Fsp3) is 0.778. The number of hydrogen-bond donors (Lipinski definition) is 0. The highest BCUT2D eigenvalue weighted by atomic mass is 16.6. The first-order valence-electron chi connectivity index (χ1n) is 8.51. The lowest BCUT2D eigenvalue weighted by Gasteiger charge is -2.23. The second kappa shape index (κ2) is 11.2. The first kappa shape index (κ1) is 20.6. The molecule has 24 heavy (non-hydrogen) atoms. The molecule has 0 aromatic heterocycles. The zero-order valence-electron chi connectivity index (χ0n) is 15.2. The van der Waals surface area contributed by atoms with Crippen molar-refractivity contribution in [1.29, 1.82) is 0 Å². The molecule has 0 aliphatic carbocycles. The Bertz CT molecular complexity index is 420. The molecule has 138 valence electrons. The molecule has 0 saturated carbocycles. The molecule has 0 spiro atoms. The van der Waals surface area contributed by atoms with Gasteiger partial charge in [0.1, 0.15) is 13.2 Å². The summed E-state index contributed by atoms with van der Waals surface area (Å²) in [6, 6.07) is 0. The second-order valence-corrected chi connectivity index (χ2v) is 6.28. The molecule has 0 saturated heterocycles. The minimum absolute atomic E-state index is 0.0234. The number of rotatable bonds is 2. The van der Waals surface area contributed by atoms with Gasteiger partial charge >= 0.3 is 11.9 Å². The molecule has 0 fully saturated rings. The fourth-order valence-electron chi connectivity index (χ4n) is 2.64. The number of esters is 2. The van der Waals surface area contributed by atoms with Gasteiger partial charge in [-0.05, 0) is 18.8 Å². The molecule has 6 nitrogen and oxygen atoms in total. The number of cyclic esters (lactones) is 2. The highest BCUT2D eigenvalue weighted by Crippen LogP contribution is 2.17. The van der Waals surface area contributed by atoms with E-state index in [-0.39, 0.29) is 55.6 Å². The number of carbonyl (C=O) groups is 2. The van der Waals surface area contributed by atoms with Gasteiger partial charge in [0.15, 0.2) is 0 Å². The van der Waals surface area contributed by atoms with Crippen molar-refractivity contribution in [2.45, 2.75) is 51.7 Å². The molecule has 0 unspecified atom stereocenters. The fourth-order valence-corrected chi connectivity index (χ4v) is 2.64. The first-order valence-corrected chi connectivity index (χ1v) is 8.51. The summed E-state index contributed by atoms with van der Waals surface area (Å²) in [5.41, 5.74) is 0. The smallest absolute Gasteiger partial charge is 0.309 e. The minimum Gasteiger partial charge on any atom is -0.463 e. The Kier molecular flexibility index (Phi) is 9.64. The summed E-state index contributed by atoms with van der Waals surface area (Å²) in [7, 11) is 3.19. The van der Waals surface area contributed by atoms with Gasteiger partial charge in [0.25, 0.3) is 0 Å². The standard InChI is InChI=1S/C18H30O6/c1-13-7-5-9-17(19)24-12-16(22-4)14(2)8-6-10-18(20)23-11-15(13)21-3/h5,7,13-16H,6,8-12H2,1-4H3/b7-5+/t13-,14+,15-,16+/m0/s1. The maximum atomic E-state index is 11.8. The summed E-state index contributed by atoms with van der Waals surface area (Å²) in [4.78, 5) is 23.7. The molecule has 1 aliphatic rings. The summed E-state index contributed by atoms with van der Waals surface area (Å²) in [6.07, 6.45) is 5.32. The van der Waals surface area contributed by atoms with Crippen LogP contribution >= 0.6 is 0 Å². The van der Waals surface area contributed by atoms with Gasteiger partial charge in [0, 0.05) is 26.6 Å². The summed E-state index contributed by atoms with van der Waals surface area (Å²) >= 11 is 0. The van der Waals surface area contributed by atoms with Gasteiger partial charge in [-0.15, -0.1) is 0 Å². The summed E-state index contributed by atoms with van der Waals surface area (Å²) in [5, 5.41) is 0. The summed E-state index contributed by atoms with van der Waals surface area (Å²) < 4.78 is 21.4. The highest BCUT2D eigenvalue weighted by molar-refractivity contribution is 5.71. The second-order valence-electron chi connectivity index (χ2n) is 6.28. The largest absolute Gasteiger partial charge is 0.463 e. The van der Waals surface area contributed by atoms with Gasteiger partial charge in [-0.1, -0.05) is 26.0 Å². The lowest BCUT2D eigenvalue weighted by molar-refractivity contribution is -0.148. The zero-order valence-corrected chi connectivity index (χ0v) is 15.2. The van der Waals surface area contributed by atoms with Crippen LogP contribution in [0.3, 0.4) is 0 Å². The molecule has 1 rings (SSSR count). The van der Waals surface area contributed by atoms with E-state index in [2.05, 4.69) is 0 Å². The third-order valence-electron chi connectivity index (χ3n) is 4.41. The normalized spacial score (nSPS) is 32.7. The maximum absolute atomic E-state index is 11.8. The molecule has 0 radical (unpaired) electrons. The molecule has 6 heteroatoms. The van der Waals surface area contributed by atoms with E-state index in [1.807, 2.05) is 19.9 Å². The lowest BCUT2D eigenvalue weighted by Crippen LogP contribution is -2.28. The van der Waals surface area contributed by atoms with E-state index in [4.69, 9.17) is 18.9 Å². The summed E-state index contributed by atoms with van der Waals surface area (Å²) in [5.74, 6) is -0.283. The van der Waals surface area contributed by atoms with E-state index in [9.17, 15) is 9.59 Å². The van der Waals surface area contributed by atoms with Crippen LogP contribution in [0.5, 0.6) is 0 Å². The molecular formula is C18H30O6. The van der Waals surface area contributed by atoms with Crippen LogP contribution in [0, 0.1) is 11.8 Å². The average molecular weight is 342 g/mol. The number of methoxy groups -OCH3 is 2. The quantitative estimate of drug-likeness (QED) is 0.567. The van der Waals surface area contributed by atoms with Crippen LogP contribution in [0.1, 0.15) is 39.5 Å². The maximum Gasteiger partial charge on any atom is 0.309 e. The third kappa shape index (κ3) is 7.45. The van der Waals surface area contributed by atoms with Crippen molar-refractivity contribution in [3.05, 3.63) is 12.2 Å². The van der Waals surface area contributed by atoms with Gasteiger partial charge in [0.2, 0.25) is 0 Å². The van der Waals surface area contributed by atoms with Crippen molar-refractivity contribution in [2.75, 3.05) is 27.4 Å². The Balaban J connectivity index is 2.73. The molecule has 0 aromatic rings. The van der Waals surface area contributed by atoms with Crippen molar-refractivity contribution in [3.8, 4) is 0 Å². The van der Waals surface area contributed by atoms with Crippen LogP contribution in [0.25, 0.3) is 0 Å². The van der Waals surface area contributed by atoms with E-state index >= 15 is 0 Å². The van der Waals surface area contributed by atoms with Crippen LogP contribution in [-0.4, -0.2) is 51.6 Å². The Labute approximate surface area is 144 Å². The van der Waals surface area contributed by atoms with E-state index in [1.54, 1.807) is 20.3 Å². The Morgan fingerprint density at radius 2 is 1.62 bits per heavy atom. The van der Waals surface area contributed by atoms with Gasteiger partial charge in [-0.25, -0.2) is 0 Å². The Hall–Kier alpha value is -1.40. The lowest BCUT2D eigenvalue weighted by atomic mass is 9.98. The Morgan fingerprint density at radius 1 is 1.00 bits per heavy atom. The SMILES string of the molecule is CO[C@H]1COC(=O)CCC[C@@H](C)[C@H](OC)COC(=O)C/C=C/[C@@H]1C. The third-order valence-corrected chi connectivity index (χ3v) is 4.41. The molecule has 4 atom stereocenters. The average Bonchev–Trinajstić information content (AvgIpc) is 2.55. The van der Waals surface area contributed by atoms with E-state index in [1.165, 1.54) is 0 Å². The molecule has 0 amide bonds. The van der Waals surface area contributed by atoms with Gasteiger partial charge < -0.3 is 18.9 Å². The van der Waals surface area contributed by atoms with Gasteiger partial charge in [-0.2, -0.15) is 0 Å². The number of ether oxygens (including phenoxy) is 4. The van der Waals surface area contributed by atoms with Crippen LogP contribution in [0.4, 0.5) is 0 Å². The molecule has 1 aliphatic heterocycles. The van der Waals surface area contributed by atoms with Gasteiger partial charge in [-0.3, -0.25) is 9.59 Å². The number of carbonyl (C=O) groups excluding carboxylic acids is 2. The van der Waals surface area contributed by atoms with Crippen molar-refractivity contribution >= 4 is 11.9 Å². The van der Waals surface area contributed by atoms with Crippen LogP contribution in [0.2, 0.25) is 0 Å². The predicted molar refractivity (Wildman–Crippen MR) is 89.4 cm³/mol. The topological polar surface area (TPSA) is 71.1 Å². The van der Waals surface area contributed by atoms with Crippen LogP contribution in [-0.2, 0) is 28.5 Å². The van der Waals surface area contributed by atoms with Crippen LogP contribution < -0.4 is 0 Å². The first-order chi connectivity index (χ1) is 11.5. The van der Waals surface area contributed by atoms with Crippen molar-refractivity contribution in [1.82, 2.24) is 0 Å². The van der Waals surface area contributed by atoms with Gasteiger partial charge in [0.05, 0.1) is 18.6 Å². The van der Waals surface area contributed by atoms with E-state index < -0.39 is 0 Å². The zero-order chi connectivity index (χ0) is 17.9. The monoisotopic (exact) mass is 342 g/mol. The van der Waals surface area contributed by atoms with Crippen LogP contribution in [0.15, 0.2) is 12.2 Å². The van der Waals surface area contributed by atoms with Crippen molar-refractivity contribution < 1.29 is 28.5 Å². The highest BCUT2D eigenvalue weighted by Gasteiger charge is 2.21. The Morgan fingerprint density at radius 3 is 2.29 bits per heavy atom. The molecule has 0 bridgehead atoms. The van der Waals surface area contributed by atoms with Crippen molar-refractivity contribution in [3.63, 3.8) is 0 Å². The molecule has 0 N–H and O–H groups in total. The molecular weight excluding hydrogens is 312 g/mol. The minimum atomic E-state index is -0.278. The number of hydrogen-bond acceptors (Lipinski definition) is 6. The molecule has 0 aromatic carbocycles. The molecule has 1 heterocycles. The van der Waals surface area contributed by atoms with E-state index in [0.717, 1.165) is 6.42 Å². The summed E-state index contributed by atoms with van der Waals surface area (Å²) in [6.45, 7) is 4.42. The predicted octanol–water partition coefficient (Wildman–Crippen LogP) is 2.51. The van der Waals surface area contributed by atoms with E-state index in [0.29, 0.717) is 12.8 Å².